The number of ether oxygens (including phenoxy) is 1. The highest BCUT2D eigenvalue weighted by Crippen LogP contribution is 2.30. The monoisotopic (exact) mass is 214 g/mol. The van der Waals surface area contributed by atoms with E-state index in [0.717, 1.165) is 0 Å². The van der Waals surface area contributed by atoms with E-state index in [1.165, 1.54) is 6.07 Å². The van der Waals surface area contributed by atoms with Crippen molar-refractivity contribution in [2.24, 2.45) is 0 Å². The summed E-state index contributed by atoms with van der Waals surface area (Å²) in [6.45, 7) is 0. The minimum absolute atomic E-state index is 0.0497. The second-order valence-electron chi connectivity index (χ2n) is 3.07. The summed E-state index contributed by atoms with van der Waals surface area (Å²) >= 11 is 0. The minimum Gasteiger partial charge on any atom is -0.450 e. The Kier molecular flexibility index (Phi) is 2.82. The average molecular weight is 214 g/mol. The smallest absolute Gasteiger partial charge is 0.311 e. The van der Waals surface area contributed by atoms with Crippen molar-refractivity contribution in [3.8, 4) is 11.5 Å². The SMILES string of the molecule is O=[N+]([O-])c1ccccc1Oc1c[c]ccc1. The van der Waals surface area contributed by atoms with Crippen LogP contribution in [0.3, 0.4) is 0 Å². The van der Waals surface area contributed by atoms with Gasteiger partial charge in [-0.25, -0.2) is 0 Å². The van der Waals surface area contributed by atoms with Crippen LogP contribution in [0.2, 0.25) is 0 Å². The summed E-state index contributed by atoms with van der Waals surface area (Å²) in [5, 5.41) is 10.7. The Labute approximate surface area is 92.3 Å². The van der Waals surface area contributed by atoms with Gasteiger partial charge >= 0.3 is 5.69 Å². The molecule has 4 heteroatoms. The first-order valence-corrected chi connectivity index (χ1v) is 4.65. The zero-order chi connectivity index (χ0) is 11.4. The third-order valence-electron chi connectivity index (χ3n) is 1.97. The molecule has 2 aromatic carbocycles. The fourth-order valence-electron chi connectivity index (χ4n) is 1.26. The van der Waals surface area contributed by atoms with Crippen LogP contribution in [0.15, 0.2) is 48.5 Å². The van der Waals surface area contributed by atoms with Crippen LogP contribution in [-0.4, -0.2) is 4.92 Å². The Morgan fingerprint density at radius 1 is 1.19 bits per heavy atom. The molecule has 0 spiro atoms. The molecule has 0 saturated carbocycles. The Balaban J connectivity index is 2.31. The van der Waals surface area contributed by atoms with Crippen molar-refractivity contribution in [1.82, 2.24) is 0 Å². The van der Waals surface area contributed by atoms with Crippen LogP contribution in [0, 0.1) is 16.2 Å². The van der Waals surface area contributed by atoms with Gasteiger partial charge in [-0.2, -0.15) is 0 Å². The Bertz CT molecular complexity index is 497. The van der Waals surface area contributed by atoms with Gasteiger partial charge in [0.2, 0.25) is 5.75 Å². The molecule has 0 saturated heterocycles. The quantitative estimate of drug-likeness (QED) is 0.582. The first-order chi connectivity index (χ1) is 7.77. The summed E-state index contributed by atoms with van der Waals surface area (Å²) in [6, 6.07) is 15.9. The van der Waals surface area contributed by atoms with E-state index in [2.05, 4.69) is 6.07 Å². The minimum atomic E-state index is -0.470. The first-order valence-electron chi connectivity index (χ1n) is 4.65. The second-order valence-corrected chi connectivity index (χ2v) is 3.07. The van der Waals surface area contributed by atoms with E-state index in [0.29, 0.717) is 5.75 Å². The fraction of sp³-hybridized carbons (Fsp3) is 0. The predicted octanol–water partition coefficient (Wildman–Crippen LogP) is 3.19. The molecule has 16 heavy (non-hydrogen) atoms. The van der Waals surface area contributed by atoms with Crippen LogP contribution in [0.5, 0.6) is 11.5 Å². The van der Waals surface area contributed by atoms with Gasteiger partial charge in [-0.3, -0.25) is 10.1 Å². The van der Waals surface area contributed by atoms with Crippen molar-refractivity contribution in [3.63, 3.8) is 0 Å². The summed E-state index contributed by atoms with van der Waals surface area (Å²) in [6.07, 6.45) is 0. The third-order valence-corrected chi connectivity index (χ3v) is 1.97. The van der Waals surface area contributed by atoms with Gasteiger partial charge in [0.25, 0.3) is 0 Å². The predicted molar refractivity (Wildman–Crippen MR) is 58.4 cm³/mol. The van der Waals surface area contributed by atoms with Gasteiger partial charge < -0.3 is 4.74 Å². The number of nitro groups is 1. The molecule has 0 aliphatic rings. The number of hydrogen-bond donors (Lipinski definition) is 0. The molecule has 0 heterocycles. The molecule has 4 nitrogen and oxygen atoms in total. The number of nitro benzene ring substituents is 1. The topological polar surface area (TPSA) is 52.4 Å². The van der Waals surface area contributed by atoms with Crippen molar-refractivity contribution in [1.29, 1.82) is 0 Å². The van der Waals surface area contributed by atoms with Crippen LogP contribution >= 0.6 is 0 Å². The van der Waals surface area contributed by atoms with Gasteiger partial charge in [0.05, 0.1) is 4.92 Å². The standard InChI is InChI=1S/C12H8NO3/c14-13(15)11-8-4-5-9-12(11)16-10-6-2-1-3-7-10/h1-2,4-9H. The lowest BCUT2D eigenvalue weighted by molar-refractivity contribution is -0.385. The number of benzene rings is 2. The summed E-state index contributed by atoms with van der Waals surface area (Å²) in [5.74, 6) is 0.754. The van der Waals surface area contributed by atoms with E-state index in [1.54, 1.807) is 42.5 Å². The molecule has 0 fully saturated rings. The normalized spacial score (nSPS) is 9.75. The molecule has 2 aromatic rings. The Morgan fingerprint density at radius 2 is 2.00 bits per heavy atom. The summed E-state index contributed by atoms with van der Waals surface area (Å²) in [5.41, 5.74) is -0.0497. The van der Waals surface area contributed by atoms with Crippen molar-refractivity contribution >= 4 is 5.69 Å². The van der Waals surface area contributed by atoms with E-state index in [4.69, 9.17) is 4.74 Å². The van der Waals surface area contributed by atoms with Crippen LogP contribution in [0.1, 0.15) is 0 Å². The van der Waals surface area contributed by atoms with Crippen LogP contribution in [0.25, 0.3) is 0 Å². The van der Waals surface area contributed by atoms with Crippen LogP contribution < -0.4 is 4.74 Å². The van der Waals surface area contributed by atoms with Crippen molar-refractivity contribution < 1.29 is 9.66 Å². The van der Waals surface area contributed by atoms with Gasteiger partial charge in [-0.1, -0.05) is 24.3 Å². The average Bonchev–Trinajstić information content (AvgIpc) is 2.31. The third kappa shape index (κ3) is 2.17. The maximum absolute atomic E-state index is 10.7. The fourth-order valence-corrected chi connectivity index (χ4v) is 1.26. The van der Waals surface area contributed by atoms with Gasteiger partial charge in [0, 0.05) is 6.07 Å². The molecule has 0 atom stereocenters. The van der Waals surface area contributed by atoms with E-state index in [1.807, 2.05) is 0 Å². The summed E-state index contributed by atoms with van der Waals surface area (Å²) in [7, 11) is 0. The number of nitrogens with zero attached hydrogens (tertiary/aromatic N) is 1. The van der Waals surface area contributed by atoms with E-state index in [-0.39, 0.29) is 11.4 Å². The largest absolute Gasteiger partial charge is 0.450 e. The van der Waals surface area contributed by atoms with Gasteiger partial charge in [-0.05, 0) is 24.3 Å². The molecule has 0 aromatic heterocycles. The lowest BCUT2D eigenvalue weighted by Gasteiger charge is -2.04. The maximum Gasteiger partial charge on any atom is 0.311 e. The molecule has 0 aliphatic heterocycles. The molecule has 0 bridgehead atoms. The number of rotatable bonds is 3. The highest BCUT2D eigenvalue weighted by molar-refractivity contribution is 5.47. The number of hydrogen-bond acceptors (Lipinski definition) is 3. The lowest BCUT2D eigenvalue weighted by atomic mass is 10.3. The van der Waals surface area contributed by atoms with Crippen molar-refractivity contribution in [2.75, 3.05) is 0 Å². The Hall–Kier alpha value is -2.36. The van der Waals surface area contributed by atoms with Crippen LogP contribution in [0.4, 0.5) is 5.69 Å². The second kappa shape index (κ2) is 4.44. The molecule has 0 aliphatic carbocycles. The van der Waals surface area contributed by atoms with Crippen molar-refractivity contribution in [3.05, 3.63) is 64.7 Å². The number of para-hydroxylation sites is 2. The molecule has 0 N–H and O–H groups in total. The van der Waals surface area contributed by atoms with Gasteiger partial charge in [-0.15, -0.1) is 0 Å². The zero-order valence-corrected chi connectivity index (χ0v) is 8.29. The highest BCUT2D eigenvalue weighted by atomic mass is 16.6. The molecular weight excluding hydrogens is 206 g/mol. The van der Waals surface area contributed by atoms with Crippen molar-refractivity contribution in [2.45, 2.75) is 0 Å². The zero-order valence-electron chi connectivity index (χ0n) is 8.29. The van der Waals surface area contributed by atoms with Gasteiger partial charge in [0.15, 0.2) is 0 Å². The molecule has 79 valence electrons. The summed E-state index contributed by atoms with van der Waals surface area (Å²) < 4.78 is 5.40. The van der Waals surface area contributed by atoms with E-state index >= 15 is 0 Å². The molecule has 0 amide bonds. The Morgan fingerprint density at radius 3 is 2.69 bits per heavy atom. The van der Waals surface area contributed by atoms with E-state index < -0.39 is 4.92 Å². The first kappa shape index (κ1) is 10.2. The van der Waals surface area contributed by atoms with Gasteiger partial charge in [0.1, 0.15) is 5.75 Å². The molecular formula is C12H8NO3. The lowest BCUT2D eigenvalue weighted by Crippen LogP contribution is -1.92. The van der Waals surface area contributed by atoms with E-state index in [9.17, 15) is 10.1 Å². The maximum atomic E-state index is 10.7. The molecule has 0 unspecified atom stereocenters. The van der Waals surface area contributed by atoms with Crippen LogP contribution in [-0.2, 0) is 0 Å². The summed E-state index contributed by atoms with van der Waals surface area (Å²) in [4.78, 5) is 10.3. The molecule has 1 radical (unpaired) electrons. The highest BCUT2D eigenvalue weighted by Gasteiger charge is 2.13. The molecule has 2 rings (SSSR count).